The third-order valence-corrected chi connectivity index (χ3v) is 3.08. The van der Waals surface area contributed by atoms with Crippen molar-refractivity contribution in [3.63, 3.8) is 0 Å². The van der Waals surface area contributed by atoms with Crippen molar-refractivity contribution in [2.24, 2.45) is 7.05 Å². The number of alkyl halides is 2. The Balaban J connectivity index is 2.15. The largest absolute Gasteiger partial charge is 0.431 e. The molecular weight excluding hydrogens is 266 g/mol. The fraction of sp³-hybridized carbons (Fsp3) is 0.385. The molecule has 5 nitrogen and oxygen atoms in total. The van der Waals surface area contributed by atoms with E-state index in [9.17, 15) is 8.78 Å². The normalized spacial score (nSPS) is 10.9. The van der Waals surface area contributed by atoms with Crippen molar-refractivity contribution in [2.45, 2.75) is 27.0 Å². The van der Waals surface area contributed by atoms with Gasteiger partial charge >= 0.3 is 6.61 Å². The molecule has 0 saturated heterocycles. The molecule has 2 rings (SSSR count). The maximum atomic E-state index is 12.3. The van der Waals surface area contributed by atoms with Gasteiger partial charge in [0.1, 0.15) is 0 Å². The fourth-order valence-electron chi connectivity index (χ4n) is 1.96. The molecule has 108 valence electrons. The van der Waals surface area contributed by atoms with Gasteiger partial charge in [-0.2, -0.15) is 13.9 Å². The molecule has 0 atom stereocenters. The van der Waals surface area contributed by atoms with Gasteiger partial charge in [0.2, 0.25) is 0 Å². The van der Waals surface area contributed by atoms with E-state index in [2.05, 4.69) is 20.1 Å². The Labute approximate surface area is 115 Å². The van der Waals surface area contributed by atoms with Crippen LogP contribution in [-0.2, 0) is 13.6 Å². The summed E-state index contributed by atoms with van der Waals surface area (Å²) < 4.78 is 30.8. The molecule has 1 N–H and O–H groups in total. The van der Waals surface area contributed by atoms with Gasteiger partial charge in [0, 0.05) is 31.0 Å². The first-order chi connectivity index (χ1) is 9.49. The fourth-order valence-corrected chi connectivity index (χ4v) is 1.96. The SMILES string of the molecule is Cc1nn(C)c(C)c1CNc1ncccc1OC(F)F. The highest BCUT2D eigenvalue weighted by atomic mass is 19.3. The van der Waals surface area contributed by atoms with Crippen LogP contribution in [0.1, 0.15) is 17.0 Å². The van der Waals surface area contributed by atoms with Gasteiger partial charge in [0.15, 0.2) is 11.6 Å². The predicted octanol–water partition coefficient (Wildman–Crippen LogP) is 2.65. The molecule has 0 amide bonds. The summed E-state index contributed by atoms with van der Waals surface area (Å²) in [6, 6.07) is 2.99. The maximum Gasteiger partial charge on any atom is 0.387 e. The van der Waals surface area contributed by atoms with E-state index in [1.165, 1.54) is 12.3 Å². The zero-order valence-corrected chi connectivity index (χ0v) is 11.5. The van der Waals surface area contributed by atoms with Crippen molar-refractivity contribution in [1.29, 1.82) is 0 Å². The molecule has 0 radical (unpaired) electrons. The number of aromatic nitrogens is 3. The van der Waals surface area contributed by atoms with E-state index in [4.69, 9.17) is 0 Å². The van der Waals surface area contributed by atoms with E-state index in [0.717, 1.165) is 17.0 Å². The van der Waals surface area contributed by atoms with E-state index in [0.29, 0.717) is 6.54 Å². The molecule has 0 aliphatic carbocycles. The number of nitrogens with zero attached hydrogens (tertiary/aromatic N) is 3. The van der Waals surface area contributed by atoms with Gasteiger partial charge in [-0.25, -0.2) is 4.98 Å². The zero-order chi connectivity index (χ0) is 14.7. The van der Waals surface area contributed by atoms with Crippen molar-refractivity contribution < 1.29 is 13.5 Å². The summed E-state index contributed by atoms with van der Waals surface area (Å²) >= 11 is 0. The summed E-state index contributed by atoms with van der Waals surface area (Å²) in [5, 5.41) is 7.31. The molecule has 2 aromatic rings. The Morgan fingerprint density at radius 3 is 2.75 bits per heavy atom. The molecule has 2 heterocycles. The third-order valence-electron chi connectivity index (χ3n) is 3.08. The number of anilines is 1. The Bertz CT molecular complexity index is 598. The van der Waals surface area contributed by atoms with E-state index in [1.807, 2.05) is 20.9 Å². The monoisotopic (exact) mass is 282 g/mol. The number of nitrogens with one attached hydrogen (secondary N) is 1. The lowest BCUT2D eigenvalue weighted by Crippen LogP contribution is -2.08. The van der Waals surface area contributed by atoms with Gasteiger partial charge in [-0.05, 0) is 26.0 Å². The number of halogens is 2. The Morgan fingerprint density at radius 1 is 1.40 bits per heavy atom. The molecule has 2 aromatic heterocycles. The van der Waals surface area contributed by atoms with Crippen LogP contribution in [0.5, 0.6) is 5.75 Å². The minimum absolute atomic E-state index is 0.0293. The topological polar surface area (TPSA) is 52.0 Å². The summed E-state index contributed by atoms with van der Waals surface area (Å²) in [4.78, 5) is 4.02. The summed E-state index contributed by atoms with van der Waals surface area (Å²) in [5.74, 6) is 0.317. The summed E-state index contributed by atoms with van der Waals surface area (Å²) in [6.07, 6.45) is 1.52. The van der Waals surface area contributed by atoms with E-state index in [1.54, 1.807) is 10.7 Å². The second-order valence-electron chi connectivity index (χ2n) is 4.36. The van der Waals surface area contributed by atoms with Crippen LogP contribution < -0.4 is 10.1 Å². The molecule has 7 heteroatoms. The average molecular weight is 282 g/mol. The van der Waals surface area contributed by atoms with Crippen LogP contribution >= 0.6 is 0 Å². The van der Waals surface area contributed by atoms with Gasteiger partial charge in [-0.3, -0.25) is 4.68 Å². The van der Waals surface area contributed by atoms with Crippen LogP contribution in [-0.4, -0.2) is 21.4 Å². The molecule has 0 aromatic carbocycles. The first kappa shape index (κ1) is 14.2. The van der Waals surface area contributed by atoms with Crippen molar-refractivity contribution >= 4 is 5.82 Å². The number of ether oxygens (including phenoxy) is 1. The lowest BCUT2D eigenvalue weighted by atomic mass is 10.2. The number of pyridine rings is 1. The van der Waals surface area contributed by atoms with Crippen LogP contribution in [0.3, 0.4) is 0 Å². The standard InChI is InChI=1S/C13H16F2N4O/c1-8-10(9(2)19(3)18-8)7-17-12-11(20-13(14)15)5-4-6-16-12/h4-6,13H,7H2,1-3H3,(H,16,17). The molecular formula is C13H16F2N4O. The van der Waals surface area contributed by atoms with E-state index in [-0.39, 0.29) is 11.6 Å². The number of rotatable bonds is 5. The summed E-state index contributed by atoms with van der Waals surface area (Å²) in [6.45, 7) is 1.43. The smallest absolute Gasteiger partial charge is 0.387 e. The third kappa shape index (κ3) is 3.04. The first-order valence-corrected chi connectivity index (χ1v) is 6.11. The van der Waals surface area contributed by atoms with Gasteiger partial charge in [0.25, 0.3) is 0 Å². The molecule has 20 heavy (non-hydrogen) atoms. The predicted molar refractivity (Wildman–Crippen MR) is 70.9 cm³/mol. The molecule has 0 saturated carbocycles. The van der Waals surface area contributed by atoms with Crippen molar-refractivity contribution in [3.05, 3.63) is 35.3 Å². The Kier molecular flexibility index (Phi) is 4.16. The number of aryl methyl sites for hydroxylation is 2. The van der Waals surface area contributed by atoms with Gasteiger partial charge < -0.3 is 10.1 Å². The maximum absolute atomic E-state index is 12.3. The minimum Gasteiger partial charge on any atom is -0.431 e. The van der Waals surface area contributed by atoms with Gasteiger partial charge in [-0.15, -0.1) is 0 Å². The van der Waals surface area contributed by atoms with Crippen LogP contribution in [0.15, 0.2) is 18.3 Å². The number of hydrogen-bond donors (Lipinski definition) is 1. The van der Waals surface area contributed by atoms with Crippen molar-refractivity contribution in [2.75, 3.05) is 5.32 Å². The molecule has 0 bridgehead atoms. The van der Waals surface area contributed by atoms with Crippen molar-refractivity contribution in [3.8, 4) is 5.75 Å². The molecule has 0 aliphatic heterocycles. The lowest BCUT2D eigenvalue weighted by molar-refractivity contribution is -0.0495. The van der Waals surface area contributed by atoms with E-state index < -0.39 is 6.61 Å². The zero-order valence-electron chi connectivity index (χ0n) is 11.5. The second-order valence-corrected chi connectivity index (χ2v) is 4.36. The minimum atomic E-state index is -2.87. The van der Waals surface area contributed by atoms with E-state index >= 15 is 0 Å². The second kappa shape index (κ2) is 5.85. The molecule has 0 fully saturated rings. The molecule has 0 aliphatic rings. The average Bonchev–Trinajstić information content (AvgIpc) is 2.62. The number of hydrogen-bond acceptors (Lipinski definition) is 4. The highest BCUT2D eigenvalue weighted by Gasteiger charge is 2.13. The molecule has 0 spiro atoms. The summed E-state index contributed by atoms with van der Waals surface area (Å²) in [7, 11) is 1.86. The van der Waals surface area contributed by atoms with Crippen LogP contribution in [0, 0.1) is 13.8 Å². The van der Waals surface area contributed by atoms with Crippen LogP contribution in [0.2, 0.25) is 0 Å². The first-order valence-electron chi connectivity index (χ1n) is 6.11. The quantitative estimate of drug-likeness (QED) is 0.916. The molecule has 0 unspecified atom stereocenters. The Morgan fingerprint density at radius 2 is 2.15 bits per heavy atom. The van der Waals surface area contributed by atoms with Gasteiger partial charge in [-0.1, -0.05) is 0 Å². The Hall–Kier alpha value is -2.18. The highest BCUT2D eigenvalue weighted by Crippen LogP contribution is 2.24. The summed E-state index contributed by atoms with van der Waals surface area (Å²) in [5.41, 5.74) is 2.92. The highest BCUT2D eigenvalue weighted by molar-refractivity contribution is 5.50. The van der Waals surface area contributed by atoms with Crippen molar-refractivity contribution in [1.82, 2.24) is 14.8 Å². The van der Waals surface area contributed by atoms with Crippen LogP contribution in [0.4, 0.5) is 14.6 Å². The van der Waals surface area contributed by atoms with Gasteiger partial charge in [0.05, 0.1) is 5.69 Å². The van der Waals surface area contributed by atoms with Crippen LogP contribution in [0.25, 0.3) is 0 Å². The lowest BCUT2D eigenvalue weighted by Gasteiger charge is -2.11.